The minimum atomic E-state index is -0.446. The molecule has 0 aliphatic rings. The van der Waals surface area contributed by atoms with E-state index in [4.69, 9.17) is 10.00 Å². The highest BCUT2D eigenvalue weighted by Gasteiger charge is 2.12. The lowest BCUT2D eigenvalue weighted by Gasteiger charge is -1.95. The number of aromatic amines is 1. The predicted molar refractivity (Wildman–Crippen MR) is 54.3 cm³/mol. The first kappa shape index (κ1) is 9.28. The molecule has 0 spiro atoms. The molecule has 0 aliphatic heterocycles. The molecular weight excluding hydrogens is 192 g/mol. The fourth-order valence-electron chi connectivity index (χ4n) is 1.45. The lowest BCUT2D eigenvalue weighted by molar-refractivity contribution is -0.132. The second-order valence-corrected chi connectivity index (χ2v) is 3.08. The van der Waals surface area contributed by atoms with Crippen molar-refractivity contribution in [3.8, 4) is 11.9 Å². The van der Waals surface area contributed by atoms with E-state index in [1.54, 1.807) is 6.07 Å². The molecule has 1 aromatic carbocycles. The number of fused-ring (bicyclic) bond motifs is 1. The number of hydrogen-bond donors (Lipinski definition) is 1. The van der Waals surface area contributed by atoms with Crippen LogP contribution in [0.5, 0.6) is 5.88 Å². The van der Waals surface area contributed by atoms with Gasteiger partial charge in [-0.15, -0.1) is 0 Å². The molecular formula is C11H8N2O2. The molecule has 4 nitrogen and oxygen atoms in total. The van der Waals surface area contributed by atoms with Gasteiger partial charge in [-0.3, -0.25) is 4.79 Å². The largest absolute Gasteiger partial charge is 0.408 e. The Kier molecular flexibility index (Phi) is 2.14. The van der Waals surface area contributed by atoms with Crippen LogP contribution in [-0.2, 0) is 4.79 Å². The molecule has 1 N–H and O–H groups in total. The smallest absolute Gasteiger partial charge is 0.309 e. The van der Waals surface area contributed by atoms with Crippen molar-refractivity contribution in [1.29, 1.82) is 5.26 Å². The van der Waals surface area contributed by atoms with Gasteiger partial charge in [0.15, 0.2) is 0 Å². The highest BCUT2D eigenvalue weighted by Crippen LogP contribution is 2.26. The highest BCUT2D eigenvalue weighted by atomic mass is 16.5. The predicted octanol–water partition coefficient (Wildman–Crippen LogP) is 1.96. The molecule has 74 valence electrons. The number of rotatable bonds is 1. The number of carbonyl (C=O) groups is 1. The number of aromatic nitrogens is 1. The highest BCUT2D eigenvalue weighted by molar-refractivity contribution is 5.89. The van der Waals surface area contributed by atoms with Gasteiger partial charge in [0.1, 0.15) is 11.6 Å². The summed E-state index contributed by atoms with van der Waals surface area (Å²) in [4.78, 5) is 13.7. The van der Waals surface area contributed by atoms with Crippen LogP contribution in [0.25, 0.3) is 10.9 Å². The summed E-state index contributed by atoms with van der Waals surface area (Å²) in [6.07, 6.45) is 0. The maximum atomic E-state index is 10.8. The van der Waals surface area contributed by atoms with Crippen LogP contribution < -0.4 is 4.74 Å². The summed E-state index contributed by atoms with van der Waals surface area (Å²) < 4.78 is 4.90. The van der Waals surface area contributed by atoms with Crippen molar-refractivity contribution in [2.75, 3.05) is 0 Å². The average molecular weight is 200 g/mol. The van der Waals surface area contributed by atoms with E-state index in [9.17, 15) is 4.79 Å². The third-order valence-corrected chi connectivity index (χ3v) is 2.03. The Labute approximate surface area is 86.1 Å². The first-order valence-corrected chi connectivity index (χ1v) is 4.41. The molecule has 0 radical (unpaired) electrons. The van der Waals surface area contributed by atoms with Crippen LogP contribution in [0.3, 0.4) is 0 Å². The standard InChI is InChI=1S/C11H8N2O2/c1-7(14)15-11-9(6-12)8-4-2-3-5-10(8)13-11/h2-5,13H,1H3. The molecule has 2 rings (SSSR count). The van der Waals surface area contributed by atoms with Crippen molar-refractivity contribution in [2.45, 2.75) is 6.92 Å². The van der Waals surface area contributed by atoms with Crippen LogP contribution in [0.15, 0.2) is 24.3 Å². The first-order valence-electron chi connectivity index (χ1n) is 4.41. The van der Waals surface area contributed by atoms with Gasteiger partial charge < -0.3 is 9.72 Å². The molecule has 0 saturated heterocycles. The maximum Gasteiger partial charge on any atom is 0.309 e. The monoisotopic (exact) mass is 200 g/mol. The fourth-order valence-corrected chi connectivity index (χ4v) is 1.45. The average Bonchev–Trinajstić information content (AvgIpc) is 2.53. The zero-order chi connectivity index (χ0) is 10.8. The molecule has 0 unspecified atom stereocenters. The summed E-state index contributed by atoms with van der Waals surface area (Å²) in [5.41, 5.74) is 1.14. The molecule has 1 aromatic heterocycles. The van der Waals surface area contributed by atoms with E-state index in [0.29, 0.717) is 5.56 Å². The number of benzene rings is 1. The Morgan fingerprint density at radius 1 is 1.47 bits per heavy atom. The summed E-state index contributed by atoms with van der Waals surface area (Å²) in [5, 5.41) is 9.72. The zero-order valence-electron chi connectivity index (χ0n) is 8.07. The first-order chi connectivity index (χ1) is 7.22. The zero-order valence-corrected chi connectivity index (χ0v) is 8.07. The van der Waals surface area contributed by atoms with Crippen LogP contribution in [0.1, 0.15) is 12.5 Å². The summed E-state index contributed by atoms with van der Waals surface area (Å²) in [7, 11) is 0. The van der Waals surface area contributed by atoms with Crippen LogP contribution in [0.4, 0.5) is 0 Å². The summed E-state index contributed by atoms with van der Waals surface area (Å²) in [5.74, 6) is -0.232. The lowest BCUT2D eigenvalue weighted by Crippen LogP contribution is -2.02. The molecule has 0 atom stereocenters. The van der Waals surface area contributed by atoms with E-state index >= 15 is 0 Å². The second kappa shape index (κ2) is 3.46. The second-order valence-electron chi connectivity index (χ2n) is 3.08. The van der Waals surface area contributed by atoms with E-state index < -0.39 is 5.97 Å². The molecule has 15 heavy (non-hydrogen) atoms. The topological polar surface area (TPSA) is 65.9 Å². The maximum absolute atomic E-state index is 10.8. The number of H-pyrrole nitrogens is 1. The summed E-state index contributed by atoms with van der Waals surface area (Å²) in [6.45, 7) is 1.30. The van der Waals surface area contributed by atoms with Gasteiger partial charge in [-0.2, -0.15) is 5.26 Å². The van der Waals surface area contributed by atoms with Crippen molar-refractivity contribution < 1.29 is 9.53 Å². The van der Waals surface area contributed by atoms with Gasteiger partial charge in [-0.05, 0) is 6.07 Å². The van der Waals surface area contributed by atoms with Crippen LogP contribution in [-0.4, -0.2) is 11.0 Å². The molecule has 2 aromatic rings. The number of nitrogens with one attached hydrogen (secondary N) is 1. The van der Waals surface area contributed by atoms with Crippen molar-refractivity contribution in [3.05, 3.63) is 29.8 Å². The van der Waals surface area contributed by atoms with Crippen LogP contribution >= 0.6 is 0 Å². The van der Waals surface area contributed by atoms with Crippen LogP contribution in [0.2, 0.25) is 0 Å². The van der Waals surface area contributed by atoms with Crippen molar-refractivity contribution in [3.63, 3.8) is 0 Å². The van der Waals surface area contributed by atoms with E-state index in [2.05, 4.69) is 4.98 Å². The van der Waals surface area contributed by atoms with Crippen LogP contribution in [0, 0.1) is 11.3 Å². The SMILES string of the molecule is CC(=O)Oc1[nH]c2ccccc2c1C#N. The minimum absolute atomic E-state index is 0.214. The van der Waals surface area contributed by atoms with E-state index in [0.717, 1.165) is 10.9 Å². The number of para-hydroxylation sites is 1. The number of esters is 1. The molecule has 0 bridgehead atoms. The Bertz CT molecular complexity index is 563. The molecule has 1 heterocycles. The van der Waals surface area contributed by atoms with Gasteiger partial charge in [0.25, 0.3) is 0 Å². The van der Waals surface area contributed by atoms with Gasteiger partial charge in [0.2, 0.25) is 5.88 Å². The number of nitrogens with zero attached hydrogens (tertiary/aromatic N) is 1. The fraction of sp³-hybridized carbons (Fsp3) is 0.0909. The quantitative estimate of drug-likeness (QED) is 0.715. The van der Waals surface area contributed by atoms with Crippen molar-refractivity contribution in [1.82, 2.24) is 4.98 Å². The lowest BCUT2D eigenvalue weighted by atomic mass is 10.2. The Balaban J connectivity index is 2.65. The molecule has 0 aliphatic carbocycles. The number of carbonyl (C=O) groups excluding carboxylic acids is 1. The third kappa shape index (κ3) is 1.55. The van der Waals surface area contributed by atoms with Gasteiger partial charge in [0.05, 0.1) is 0 Å². The molecule has 4 heteroatoms. The number of hydrogen-bond acceptors (Lipinski definition) is 3. The van der Waals surface area contributed by atoms with Gasteiger partial charge >= 0.3 is 5.97 Å². The number of ether oxygens (including phenoxy) is 1. The van der Waals surface area contributed by atoms with Crippen molar-refractivity contribution >= 4 is 16.9 Å². The molecule has 0 saturated carbocycles. The summed E-state index contributed by atoms with van der Waals surface area (Å²) in [6, 6.07) is 9.31. The van der Waals surface area contributed by atoms with Crippen molar-refractivity contribution in [2.24, 2.45) is 0 Å². The van der Waals surface area contributed by atoms with Gasteiger partial charge in [-0.25, -0.2) is 0 Å². The third-order valence-electron chi connectivity index (χ3n) is 2.03. The Hall–Kier alpha value is -2.28. The normalized spacial score (nSPS) is 9.87. The summed E-state index contributed by atoms with van der Waals surface area (Å²) >= 11 is 0. The van der Waals surface area contributed by atoms with E-state index in [-0.39, 0.29) is 5.88 Å². The number of nitriles is 1. The Morgan fingerprint density at radius 3 is 2.87 bits per heavy atom. The molecule has 0 fully saturated rings. The van der Waals surface area contributed by atoms with Gasteiger partial charge in [0, 0.05) is 17.8 Å². The van der Waals surface area contributed by atoms with E-state index in [1.807, 2.05) is 24.3 Å². The van der Waals surface area contributed by atoms with E-state index in [1.165, 1.54) is 6.92 Å². The minimum Gasteiger partial charge on any atom is -0.408 e. The van der Waals surface area contributed by atoms with Gasteiger partial charge in [-0.1, -0.05) is 18.2 Å². The Morgan fingerprint density at radius 2 is 2.20 bits per heavy atom. The molecule has 0 amide bonds.